The number of carboxylic acid groups (broad SMARTS) is 1. The Bertz CT molecular complexity index is 1540. The van der Waals surface area contributed by atoms with Crippen LogP contribution in [0.15, 0.2) is 54.6 Å². The molecule has 0 aliphatic rings. The van der Waals surface area contributed by atoms with Gasteiger partial charge in [-0.25, -0.2) is 4.79 Å². The highest BCUT2D eigenvalue weighted by molar-refractivity contribution is 5.97. The second kappa shape index (κ2) is 19.7. The molecule has 0 aromatic heterocycles. The fourth-order valence-corrected chi connectivity index (χ4v) is 4.39. The first-order valence-electron chi connectivity index (χ1n) is 15.0. The van der Waals surface area contributed by atoms with Crippen LogP contribution < -0.4 is 43.8 Å². The lowest BCUT2D eigenvalue weighted by atomic mass is 10.0. The van der Waals surface area contributed by atoms with Crippen molar-refractivity contribution in [1.82, 2.24) is 26.6 Å². The number of nitrogens with two attached hydrogens (primary N) is 3. The van der Waals surface area contributed by atoms with Crippen LogP contribution >= 0.6 is 0 Å². The predicted octanol–water partition coefficient (Wildman–Crippen LogP) is -4.61. The molecule has 7 amide bonds. The topological polar surface area (TPSA) is 335 Å². The molecule has 2 rings (SSSR count). The molecule has 0 saturated heterocycles. The van der Waals surface area contributed by atoms with Gasteiger partial charge in [0.1, 0.15) is 36.0 Å². The van der Waals surface area contributed by atoms with Crippen LogP contribution in [0.2, 0.25) is 0 Å². The molecule has 0 fully saturated rings. The second-order valence-electron chi connectivity index (χ2n) is 11.0. The Hall–Kier alpha value is -6.08. The molecule has 50 heavy (non-hydrogen) atoms. The Morgan fingerprint density at radius 3 is 1.64 bits per heavy atom. The Labute approximate surface area is 285 Å². The number of carbonyl (C=O) groups excluding carboxylic acids is 7. The van der Waals surface area contributed by atoms with Crippen LogP contribution in [-0.4, -0.2) is 106 Å². The number of aliphatic carboxylic acids is 1. The van der Waals surface area contributed by atoms with Crippen LogP contribution in [-0.2, 0) is 51.2 Å². The van der Waals surface area contributed by atoms with Gasteiger partial charge in [-0.2, -0.15) is 0 Å². The quantitative estimate of drug-likeness (QED) is 0.0622. The van der Waals surface area contributed by atoms with Gasteiger partial charge in [-0.05, 0) is 23.3 Å². The van der Waals surface area contributed by atoms with Crippen LogP contribution in [0.1, 0.15) is 24.0 Å². The molecule has 5 atom stereocenters. The molecule has 0 bridgehead atoms. The number of phenols is 1. The summed E-state index contributed by atoms with van der Waals surface area (Å²) in [5, 5.41) is 39.6. The molecule has 14 N–H and O–H groups in total. The normalized spacial score (nSPS) is 13.6. The van der Waals surface area contributed by atoms with Gasteiger partial charge in [-0.1, -0.05) is 42.5 Å². The number of rotatable bonds is 20. The number of phenolic OH excluding ortho intramolecular Hbond substituents is 1. The van der Waals surface area contributed by atoms with Crippen molar-refractivity contribution in [3.63, 3.8) is 0 Å². The number of aromatic hydroxyl groups is 1. The van der Waals surface area contributed by atoms with Gasteiger partial charge in [0.05, 0.1) is 26.0 Å². The first-order chi connectivity index (χ1) is 23.6. The molecule has 19 heteroatoms. The average Bonchev–Trinajstić information content (AvgIpc) is 3.06. The molecule has 0 heterocycles. The highest BCUT2D eigenvalue weighted by Gasteiger charge is 2.32. The number of carboxylic acids is 1. The summed E-state index contributed by atoms with van der Waals surface area (Å²) in [6, 6.07) is 6.47. The minimum atomic E-state index is -1.78. The first kappa shape index (κ1) is 40.1. The van der Waals surface area contributed by atoms with Gasteiger partial charge in [0, 0.05) is 12.8 Å². The van der Waals surface area contributed by atoms with Crippen molar-refractivity contribution in [2.45, 2.75) is 55.9 Å². The van der Waals surface area contributed by atoms with E-state index < -0.39 is 104 Å². The summed E-state index contributed by atoms with van der Waals surface area (Å²) in [4.78, 5) is 99.3. The number of nitrogens with one attached hydrogen (secondary N) is 5. The molecule has 2 aromatic rings. The van der Waals surface area contributed by atoms with E-state index in [-0.39, 0.29) is 18.6 Å². The minimum absolute atomic E-state index is 0.0408. The van der Waals surface area contributed by atoms with Crippen molar-refractivity contribution in [2.75, 3.05) is 13.2 Å². The zero-order valence-corrected chi connectivity index (χ0v) is 26.7. The molecular formula is C31H40N8O11. The third-order valence-corrected chi connectivity index (χ3v) is 6.96. The van der Waals surface area contributed by atoms with E-state index in [4.69, 9.17) is 17.2 Å². The Morgan fingerprint density at radius 2 is 1.10 bits per heavy atom. The summed E-state index contributed by atoms with van der Waals surface area (Å²) in [6.45, 7) is -1.41. The third kappa shape index (κ3) is 14.0. The van der Waals surface area contributed by atoms with Crippen LogP contribution in [0, 0.1) is 0 Å². The number of primary amides is 2. The van der Waals surface area contributed by atoms with Crippen LogP contribution in [0.4, 0.5) is 0 Å². The second-order valence-corrected chi connectivity index (χ2v) is 11.0. The van der Waals surface area contributed by atoms with Crippen molar-refractivity contribution in [1.29, 1.82) is 0 Å². The van der Waals surface area contributed by atoms with E-state index in [2.05, 4.69) is 21.3 Å². The van der Waals surface area contributed by atoms with Gasteiger partial charge in [0.2, 0.25) is 41.4 Å². The lowest BCUT2D eigenvalue weighted by Crippen LogP contribution is -2.58. The molecule has 0 aliphatic heterocycles. The molecular weight excluding hydrogens is 660 g/mol. The van der Waals surface area contributed by atoms with Crippen molar-refractivity contribution in [3.05, 3.63) is 65.7 Å². The summed E-state index contributed by atoms with van der Waals surface area (Å²) < 4.78 is 0. The number of amides is 7. The predicted molar refractivity (Wildman–Crippen MR) is 173 cm³/mol. The largest absolute Gasteiger partial charge is 0.508 e. The number of aliphatic hydroxyl groups is 1. The molecule has 0 spiro atoms. The van der Waals surface area contributed by atoms with Crippen molar-refractivity contribution in [3.8, 4) is 5.75 Å². The third-order valence-electron chi connectivity index (χ3n) is 6.96. The summed E-state index contributed by atoms with van der Waals surface area (Å²) in [5.41, 5.74) is 16.9. The van der Waals surface area contributed by atoms with E-state index in [1.54, 1.807) is 30.3 Å². The van der Waals surface area contributed by atoms with Gasteiger partial charge in [0.15, 0.2) is 0 Å². The molecule has 2 aromatic carbocycles. The fraction of sp³-hybridized carbons (Fsp3) is 0.355. The molecule has 0 radical (unpaired) electrons. The summed E-state index contributed by atoms with van der Waals surface area (Å²) >= 11 is 0. The maximum Gasteiger partial charge on any atom is 0.326 e. The molecule has 19 nitrogen and oxygen atoms in total. The van der Waals surface area contributed by atoms with Crippen molar-refractivity contribution >= 4 is 47.3 Å². The van der Waals surface area contributed by atoms with E-state index in [1.165, 1.54) is 24.3 Å². The highest BCUT2D eigenvalue weighted by atomic mass is 16.4. The smallest absolute Gasteiger partial charge is 0.326 e. The van der Waals surface area contributed by atoms with Crippen LogP contribution in [0.25, 0.3) is 0 Å². The van der Waals surface area contributed by atoms with E-state index in [0.29, 0.717) is 11.1 Å². The summed E-state index contributed by atoms with van der Waals surface area (Å²) in [7, 11) is 0. The Balaban J connectivity index is 2.22. The van der Waals surface area contributed by atoms with Crippen LogP contribution in [0.3, 0.4) is 0 Å². The van der Waals surface area contributed by atoms with E-state index >= 15 is 0 Å². The summed E-state index contributed by atoms with van der Waals surface area (Å²) in [6.07, 6.45) is -1.81. The Kier molecular flexibility index (Phi) is 15.8. The SMILES string of the molecule is NC(=O)C[C@H](NC(=O)[C@H](CC(N)=O)NC(=O)[C@H](Cc1ccccc1)NC(=O)CNC(=O)[C@H](Cc1ccc(O)cc1)NC(=O)[C@@H](N)CO)C(=O)O. The van der Waals surface area contributed by atoms with E-state index in [0.717, 1.165) is 0 Å². The molecule has 0 saturated carbocycles. The van der Waals surface area contributed by atoms with Crippen LogP contribution in [0.5, 0.6) is 5.75 Å². The number of carbonyl (C=O) groups is 8. The molecule has 0 aliphatic carbocycles. The summed E-state index contributed by atoms with van der Waals surface area (Å²) in [5.74, 6) is -8.50. The lowest BCUT2D eigenvalue weighted by Gasteiger charge is -2.24. The van der Waals surface area contributed by atoms with Gasteiger partial charge in [-0.15, -0.1) is 0 Å². The molecule has 0 unspecified atom stereocenters. The fourth-order valence-electron chi connectivity index (χ4n) is 4.39. The Morgan fingerprint density at radius 1 is 0.620 bits per heavy atom. The number of benzene rings is 2. The zero-order chi connectivity index (χ0) is 37.4. The minimum Gasteiger partial charge on any atom is -0.508 e. The molecule has 270 valence electrons. The number of hydrogen-bond donors (Lipinski definition) is 11. The van der Waals surface area contributed by atoms with E-state index in [1.807, 2.05) is 5.32 Å². The maximum absolute atomic E-state index is 13.4. The van der Waals surface area contributed by atoms with Crippen molar-refractivity contribution in [2.24, 2.45) is 17.2 Å². The standard InChI is InChI=1S/C31H40N8O11/c32-19(15-40)27(45)37-20(11-17-6-8-18(41)9-7-17)28(46)35-14-26(44)36-21(10-16-4-2-1-3-5-16)29(47)38-22(12-24(33)42)30(48)39-23(31(49)50)13-25(34)43/h1-9,19-23,40-41H,10-15,32H2,(H2,33,42)(H2,34,43)(H,35,46)(H,36,44)(H,37,45)(H,38,47)(H,39,48)(H,49,50)/t19-,20-,21-,22-,23-/m0/s1. The average molecular weight is 701 g/mol. The van der Waals surface area contributed by atoms with E-state index in [9.17, 15) is 53.7 Å². The highest BCUT2D eigenvalue weighted by Crippen LogP contribution is 2.12. The lowest BCUT2D eigenvalue weighted by molar-refractivity contribution is -0.144. The van der Waals surface area contributed by atoms with Crippen molar-refractivity contribution < 1.29 is 53.7 Å². The first-order valence-corrected chi connectivity index (χ1v) is 15.0. The monoisotopic (exact) mass is 700 g/mol. The van der Waals surface area contributed by atoms with Gasteiger partial charge < -0.3 is 59.1 Å². The van der Waals surface area contributed by atoms with Gasteiger partial charge in [-0.3, -0.25) is 33.6 Å². The number of aliphatic hydroxyl groups excluding tert-OH is 1. The van der Waals surface area contributed by atoms with Gasteiger partial charge >= 0.3 is 5.97 Å². The number of hydrogen-bond acceptors (Lipinski definition) is 11. The van der Waals surface area contributed by atoms with Gasteiger partial charge in [0.25, 0.3) is 0 Å². The zero-order valence-electron chi connectivity index (χ0n) is 26.7. The maximum atomic E-state index is 13.4.